The van der Waals surface area contributed by atoms with E-state index in [2.05, 4.69) is 14.3 Å². The van der Waals surface area contributed by atoms with Crippen LogP contribution in [0.2, 0.25) is 0 Å². The van der Waals surface area contributed by atoms with Gasteiger partial charge in [-0.05, 0) is 0 Å². The predicted molar refractivity (Wildman–Crippen MR) is 42.1 cm³/mol. The van der Waals surface area contributed by atoms with Gasteiger partial charge in [-0.15, -0.1) is 0 Å². The molecule has 64 valence electrons. The van der Waals surface area contributed by atoms with Crippen molar-refractivity contribution in [2.45, 2.75) is 0 Å². The van der Waals surface area contributed by atoms with Crippen LogP contribution in [0.25, 0.3) is 0 Å². The van der Waals surface area contributed by atoms with Crippen LogP contribution in [0.15, 0.2) is 6.20 Å². The van der Waals surface area contributed by atoms with Crippen LogP contribution in [0.5, 0.6) is 0 Å². The SMILES string of the molecule is Nc1cnc(C(=O)OCl)c(N)n1. The summed E-state index contributed by atoms with van der Waals surface area (Å²) < 4.78 is 3.87. The summed E-state index contributed by atoms with van der Waals surface area (Å²) in [7, 11) is 0. The molecule has 0 spiro atoms. The average molecular weight is 189 g/mol. The van der Waals surface area contributed by atoms with Crippen LogP contribution in [-0.2, 0) is 4.29 Å². The third-order valence-corrected chi connectivity index (χ3v) is 1.22. The second kappa shape index (κ2) is 3.22. The van der Waals surface area contributed by atoms with Crippen LogP contribution in [0.1, 0.15) is 10.5 Å². The third-order valence-electron chi connectivity index (χ3n) is 1.08. The lowest BCUT2D eigenvalue weighted by molar-refractivity contribution is 0.0746. The molecule has 0 amide bonds. The largest absolute Gasteiger partial charge is 0.382 e. The Morgan fingerprint density at radius 3 is 2.75 bits per heavy atom. The van der Waals surface area contributed by atoms with Crippen molar-refractivity contribution in [3.63, 3.8) is 0 Å². The highest BCUT2D eigenvalue weighted by molar-refractivity contribution is 6.16. The second-order valence-electron chi connectivity index (χ2n) is 1.89. The van der Waals surface area contributed by atoms with Gasteiger partial charge < -0.3 is 15.8 Å². The fourth-order valence-electron chi connectivity index (χ4n) is 0.612. The maximum atomic E-state index is 10.8. The molecule has 0 atom stereocenters. The molecule has 1 heterocycles. The molecule has 12 heavy (non-hydrogen) atoms. The van der Waals surface area contributed by atoms with Gasteiger partial charge in [0.05, 0.1) is 6.20 Å². The molecule has 6 nitrogen and oxygen atoms in total. The van der Waals surface area contributed by atoms with Crippen LogP contribution in [0.4, 0.5) is 11.6 Å². The maximum Gasteiger partial charge on any atom is 0.378 e. The number of carbonyl (C=O) groups is 1. The Hall–Kier alpha value is -1.56. The summed E-state index contributed by atoms with van der Waals surface area (Å²) in [5.41, 5.74) is 10.4. The van der Waals surface area contributed by atoms with Crippen LogP contribution in [0.3, 0.4) is 0 Å². The Morgan fingerprint density at radius 1 is 1.58 bits per heavy atom. The number of hydrogen-bond acceptors (Lipinski definition) is 6. The van der Waals surface area contributed by atoms with Gasteiger partial charge in [0.1, 0.15) is 17.7 Å². The van der Waals surface area contributed by atoms with Gasteiger partial charge in [-0.3, -0.25) is 0 Å². The zero-order valence-electron chi connectivity index (χ0n) is 5.82. The highest BCUT2D eigenvalue weighted by Crippen LogP contribution is 2.08. The van der Waals surface area contributed by atoms with Crippen molar-refractivity contribution in [1.29, 1.82) is 0 Å². The smallest absolute Gasteiger partial charge is 0.378 e. The molecular formula is C5H5ClN4O2. The van der Waals surface area contributed by atoms with Crippen LogP contribution >= 0.6 is 11.9 Å². The molecule has 0 unspecified atom stereocenters. The first-order valence-corrected chi connectivity index (χ1v) is 3.17. The van der Waals surface area contributed by atoms with Gasteiger partial charge in [0.25, 0.3) is 0 Å². The van der Waals surface area contributed by atoms with E-state index in [9.17, 15) is 4.79 Å². The Bertz CT molecular complexity index is 316. The number of aromatic nitrogens is 2. The van der Waals surface area contributed by atoms with E-state index in [1.807, 2.05) is 0 Å². The van der Waals surface area contributed by atoms with E-state index in [0.29, 0.717) is 0 Å². The fourth-order valence-corrected chi connectivity index (χ4v) is 0.685. The van der Waals surface area contributed by atoms with Crippen LogP contribution < -0.4 is 11.5 Å². The number of anilines is 2. The molecule has 0 radical (unpaired) electrons. The summed E-state index contributed by atoms with van der Waals surface area (Å²) in [6.45, 7) is 0. The van der Waals surface area contributed by atoms with E-state index in [4.69, 9.17) is 23.3 Å². The van der Waals surface area contributed by atoms with Crippen molar-refractivity contribution in [1.82, 2.24) is 9.97 Å². The Morgan fingerprint density at radius 2 is 2.25 bits per heavy atom. The van der Waals surface area contributed by atoms with E-state index in [0.717, 1.165) is 0 Å². The first-order valence-electron chi connectivity index (χ1n) is 2.86. The van der Waals surface area contributed by atoms with Crippen LogP contribution in [-0.4, -0.2) is 15.9 Å². The summed E-state index contributed by atoms with van der Waals surface area (Å²) in [6.07, 6.45) is 1.18. The molecule has 0 aromatic carbocycles. The first kappa shape index (κ1) is 8.54. The van der Waals surface area contributed by atoms with Gasteiger partial charge in [0.2, 0.25) is 0 Å². The number of nitrogen functional groups attached to an aromatic ring is 2. The van der Waals surface area contributed by atoms with Gasteiger partial charge in [0.15, 0.2) is 11.5 Å². The van der Waals surface area contributed by atoms with E-state index in [-0.39, 0.29) is 17.3 Å². The van der Waals surface area contributed by atoms with Gasteiger partial charge in [-0.25, -0.2) is 14.8 Å². The Labute approximate surface area is 72.7 Å². The number of rotatable bonds is 1. The number of halogens is 1. The number of nitrogens with zero attached hydrogens (tertiary/aromatic N) is 2. The molecule has 0 fully saturated rings. The minimum atomic E-state index is -0.860. The van der Waals surface area contributed by atoms with Gasteiger partial charge in [-0.2, -0.15) is 0 Å². The topological polar surface area (TPSA) is 104 Å². The summed E-state index contributed by atoms with van der Waals surface area (Å²) in [5, 5.41) is 0. The molecule has 4 N–H and O–H groups in total. The molecule has 7 heteroatoms. The summed E-state index contributed by atoms with van der Waals surface area (Å²) in [5.74, 6) is -0.846. The summed E-state index contributed by atoms with van der Waals surface area (Å²) in [4.78, 5) is 17.9. The van der Waals surface area contributed by atoms with Crippen molar-refractivity contribution in [2.24, 2.45) is 0 Å². The zero-order chi connectivity index (χ0) is 9.14. The molecule has 1 aromatic heterocycles. The highest BCUT2D eigenvalue weighted by Gasteiger charge is 2.13. The molecule has 1 aromatic rings. The first-order chi connectivity index (χ1) is 5.65. The molecule has 1 rings (SSSR count). The van der Waals surface area contributed by atoms with Crippen molar-refractivity contribution in [2.75, 3.05) is 11.5 Å². The summed E-state index contributed by atoms with van der Waals surface area (Å²) >= 11 is 4.79. The van der Waals surface area contributed by atoms with Gasteiger partial charge in [0, 0.05) is 0 Å². The van der Waals surface area contributed by atoms with Crippen molar-refractivity contribution in [3.8, 4) is 0 Å². The minimum Gasteiger partial charge on any atom is -0.382 e. The van der Waals surface area contributed by atoms with E-state index in [1.54, 1.807) is 0 Å². The fraction of sp³-hybridized carbons (Fsp3) is 0. The Kier molecular flexibility index (Phi) is 2.29. The quantitative estimate of drug-likeness (QED) is 0.640. The van der Waals surface area contributed by atoms with Gasteiger partial charge >= 0.3 is 5.97 Å². The lowest BCUT2D eigenvalue weighted by Crippen LogP contribution is -2.09. The average Bonchev–Trinajstić information content (AvgIpc) is 2.03. The number of hydrogen-bond donors (Lipinski definition) is 2. The molecule has 0 aliphatic rings. The highest BCUT2D eigenvalue weighted by atomic mass is 35.5. The maximum absolute atomic E-state index is 10.8. The van der Waals surface area contributed by atoms with Crippen molar-refractivity contribution in [3.05, 3.63) is 11.9 Å². The molecule has 0 saturated carbocycles. The lowest BCUT2D eigenvalue weighted by Gasteiger charge is -1.99. The van der Waals surface area contributed by atoms with Crippen LogP contribution in [0, 0.1) is 0 Å². The molecule has 0 bridgehead atoms. The Balaban J connectivity index is 3.09. The minimum absolute atomic E-state index is 0.111. The standard InChI is InChI=1S/C5H5ClN4O2/c6-12-5(11)3-4(8)10-2(7)1-9-3/h1H,(H4,7,8,10). The molecule has 0 saturated heterocycles. The molecule has 0 aliphatic heterocycles. The molecule has 0 aliphatic carbocycles. The zero-order valence-corrected chi connectivity index (χ0v) is 6.58. The number of carbonyl (C=O) groups excluding carboxylic acids is 1. The third kappa shape index (κ3) is 1.54. The monoisotopic (exact) mass is 188 g/mol. The van der Waals surface area contributed by atoms with E-state index >= 15 is 0 Å². The summed E-state index contributed by atoms with van der Waals surface area (Å²) in [6, 6.07) is 0. The van der Waals surface area contributed by atoms with Crippen molar-refractivity contribution < 1.29 is 9.08 Å². The molecular weight excluding hydrogens is 184 g/mol. The number of nitrogens with two attached hydrogens (primary N) is 2. The van der Waals surface area contributed by atoms with Crippen molar-refractivity contribution >= 4 is 29.5 Å². The predicted octanol–water partition coefficient (Wildman–Crippen LogP) is -0.0484. The van der Waals surface area contributed by atoms with E-state index in [1.165, 1.54) is 6.20 Å². The lowest BCUT2D eigenvalue weighted by atomic mass is 10.4. The second-order valence-corrected chi connectivity index (χ2v) is 2.05. The van der Waals surface area contributed by atoms with Gasteiger partial charge in [-0.1, -0.05) is 0 Å². The normalized spacial score (nSPS) is 9.42. The van der Waals surface area contributed by atoms with E-state index < -0.39 is 5.97 Å².